The van der Waals surface area contributed by atoms with Gasteiger partial charge in [0.2, 0.25) is 0 Å². The Labute approximate surface area is 112 Å². The number of nitro groups is 1. The lowest BCUT2D eigenvalue weighted by Gasteiger charge is -2.20. The molecule has 1 aromatic carbocycles. The van der Waals surface area contributed by atoms with E-state index in [-0.39, 0.29) is 18.1 Å². The van der Waals surface area contributed by atoms with Crippen LogP contribution in [0.25, 0.3) is 0 Å². The Morgan fingerprint density at radius 2 is 2.21 bits per heavy atom. The maximum atomic E-state index is 12.3. The topological polar surface area (TPSA) is 63.5 Å². The predicted octanol–water partition coefficient (Wildman–Crippen LogP) is 2.39. The van der Waals surface area contributed by atoms with E-state index in [1.54, 1.807) is 13.0 Å². The molecule has 0 spiro atoms. The molecule has 0 unspecified atom stereocenters. The maximum absolute atomic E-state index is 12.3. The highest BCUT2D eigenvalue weighted by Gasteiger charge is 2.19. The summed E-state index contributed by atoms with van der Waals surface area (Å²) in [6.07, 6.45) is 6.02. The van der Waals surface area contributed by atoms with E-state index < -0.39 is 4.92 Å². The van der Waals surface area contributed by atoms with Gasteiger partial charge in [0.05, 0.1) is 11.5 Å². The Hall–Kier alpha value is -2.35. The minimum absolute atomic E-state index is 0.0916. The first kappa shape index (κ1) is 14.7. The Morgan fingerprint density at radius 3 is 2.74 bits per heavy atom. The van der Waals surface area contributed by atoms with Crippen LogP contribution < -0.4 is 0 Å². The van der Waals surface area contributed by atoms with E-state index in [4.69, 9.17) is 6.42 Å². The SMILES string of the molecule is C#CCN(CCC)C(=O)c1cc([N+](=O)[O-])ccc1C. The zero-order chi connectivity index (χ0) is 14.4. The Morgan fingerprint density at radius 1 is 1.53 bits per heavy atom. The van der Waals surface area contributed by atoms with E-state index in [1.165, 1.54) is 17.0 Å². The fraction of sp³-hybridized carbons (Fsp3) is 0.357. The summed E-state index contributed by atoms with van der Waals surface area (Å²) in [5.41, 5.74) is 0.942. The molecule has 1 rings (SSSR count). The zero-order valence-corrected chi connectivity index (χ0v) is 11.0. The largest absolute Gasteiger partial charge is 0.328 e. The Kier molecular flexibility index (Phi) is 5.07. The lowest BCUT2D eigenvalue weighted by atomic mass is 10.1. The van der Waals surface area contributed by atoms with Crippen LogP contribution in [0.2, 0.25) is 0 Å². The van der Waals surface area contributed by atoms with Crippen molar-refractivity contribution >= 4 is 11.6 Å². The number of nitro benzene ring substituents is 1. The average Bonchev–Trinajstić information content (AvgIpc) is 2.38. The molecular weight excluding hydrogens is 244 g/mol. The van der Waals surface area contributed by atoms with Crippen molar-refractivity contribution in [2.45, 2.75) is 20.3 Å². The molecule has 0 bridgehead atoms. The molecule has 0 saturated heterocycles. The molecule has 0 saturated carbocycles. The molecule has 0 atom stereocenters. The fourth-order valence-electron chi connectivity index (χ4n) is 1.76. The van der Waals surface area contributed by atoms with Crippen LogP contribution >= 0.6 is 0 Å². The van der Waals surface area contributed by atoms with Gasteiger partial charge in [0.1, 0.15) is 0 Å². The van der Waals surface area contributed by atoms with E-state index in [2.05, 4.69) is 5.92 Å². The monoisotopic (exact) mass is 260 g/mol. The molecule has 0 aliphatic carbocycles. The van der Waals surface area contributed by atoms with Gasteiger partial charge < -0.3 is 4.90 Å². The highest BCUT2D eigenvalue weighted by molar-refractivity contribution is 5.96. The minimum atomic E-state index is -0.512. The van der Waals surface area contributed by atoms with Gasteiger partial charge in [-0.05, 0) is 18.9 Å². The highest BCUT2D eigenvalue weighted by atomic mass is 16.6. The van der Waals surface area contributed by atoms with E-state index in [1.807, 2.05) is 6.92 Å². The fourth-order valence-corrected chi connectivity index (χ4v) is 1.76. The normalized spacial score (nSPS) is 9.74. The van der Waals surface area contributed by atoms with Crippen LogP contribution in [-0.2, 0) is 0 Å². The van der Waals surface area contributed by atoms with Gasteiger partial charge in [-0.1, -0.05) is 18.9 Å². The molecule has 0 N–H and O–H groups in total. The van der Waals surface area contributed by atoms with Gasteiger partial charge in [-0.3, -0.25) is 14.9 Å². The Balaban J connectivity index is 3.13. The van der Waals surface area contributed by atoms with Crippen molar-refractivity contribution in [2.75, 3.05) is 13.1 Å². The third kappa shape index (κ3) is 3.55. The van der Waals surface area contributed by atoms with Crippen molar-refractivity contribution in [3.63, 3.8) is 0 Å². The first-order valence-corrected chi connectivity index (χ1v) is 5.99. The van der Waals surface area contributed by atoms with Crippen molar-refractivity contribution in [1.29, 1.82) is 0 Å². The van der Waals surface area contributed by atoms with Crippen LogP contribution in [0.3, 0.4) is 0 Å². The molecule has 1 aromatic rings. The highest BCUT2D eigenvalue weighted by Crippen LogP contribution is 2.19. The molecule has 0 aliphatic heterocycles. The summed E-state index contributed by atoms with van der Waals surface area (Å²) >= 11 is 0. The van der Waals surface area contributed by atoms with E-state index >= 15 is 0 Å². The maximum Gasteiger partial charge on any atom is 0.270 e. The standard InChI is InChI=1S/C14H16N2O3/c1-4-8-15(9-5-2)14(17)13-10-12(16(18)19)7-6-11(13)3/h1,6-7,10H,5,8-9H2,2-3H3. The lowest BCUT2D eigenvalue weighted by Crippen LogP contribution is -2.32. The number of amides is 1. The van der Waals surface area contributed by atoms with Crippen molar-refractivity contribution in [2.24, 2.45) is 0 Å². The number of carbonyl (C=O) groups excluding carboxylic acids is 1. The van der Waals surface area contributed by atoms with Crippen LogP contribution in [0.4, 0.5) is 5.69 Å². The van der Waals surface area contributed by atoms with Crippen LogP contribution in [0.1, 0.15) is 29.3 Å². The molecule has 0 aromatic heterocycles. The quantitative estimate of drug-likeness (QED) is 0.464. The van der Waals surface area contributed by atoms with Crippen LogP contribution in [0.5, 0.6) is 0 Å². The number of benzene rings is 1. The molecule has 5 heteroatoms. The van der Waals surface area contributed by atoms with Gasteiger partial charge in [-0.15, -0.1) is 6.42 Å². The average molecular weight is 260 g/mol. The number of hydrogen-bond donors (Lipinski definition) is 0. The van der Waals surface area contributed by atoms with E-state index in [0.29, 0.717) is 17.7 Å². The summed E-state index contributed by atoms with van der Waals surface area (Å²) in [5, 5.41) is 10.8. The molecule has 0 aliphatic rings. The molecule has 0 radical (unpaired) electrons. The summed E-state index contributed by atoms with van der Waals surface area (Å²) in [5.74, 6) is 2.17. The summed E-state index contributed by atoms with van der Waals surface area (Å²) in [7, 11) is 0. The van der Waals surface area contributed by atoms with Crippen LogP contribution in [0, 0.1) is 29.4 Å². The van der Waals surface area contributed by atoms with Gasteiger partial charge in [-0.2, -0.15) is 0 Å². The van der Waals surface area contributed by atoms with E-state index in [0.717, 1.165) is 6.42 Å². The van der Waals surface area contributed by atoms with Gasteiger partial charge in [-0.25, -0.2) is 0 Å². The molecule has 5 nitrogen and oxygen atoms in total. The van der Waals surface area contributed by atoms with Gasteiger partial charge in [0.25, 0.3) is 11.6 Å². The summed E-state index contributed by atoms with van der Waals surface area (Å²) in [6, 6.07) is 4.26. The molecule has 1 amide bonds. The van der Waals surface area contributed by atoms with Crippen LogP contribution in [0.15, 0.2) is 18.2 Å². The van der Waals surface area contributed by atoms with Crippen molar-refractivity contribution in [1.82, 2.24) is 4.90 Å². The number of terminal acetylenes is 1. The first-order chi connectivity index (χ1) is 9.01. The predicted molar refractivity (Wildman–Crippen MR) is 72.9 cm³/mol. The summed E-state index contributed by atoms with van der Waals surface area (Å²) in [4.78, 5) is 24.1. The second-order valence-electron chi connectivity index (χ2n) is 4.19. The third-order valence-electron chi connectivity index (χ3n) is 2.73. The molecule has 0 heterocycles. The summed E-state index contributed by atoms with van der Waals surface area (Å²) in [6.45, 7) is 4.42. The molecule has 19 heavy (non-hydrogen) atoms. The number of aryl methyl sites for hydroxylation is 1. The number of non-ortho nitro benzene ring substituents is 1. The second-order valence-corrected chi connectivity index (χ2v) is 4.19. The van der Waals surface area contributed by atoms with Crippen molar-refractivity contribution in [3.05, 3.63) is 39.4 Å². The number of nitrogens with zero attached hydrogens (tertiary/aromatic N) is 2. The summed E-state index contributed by atoms with van der Waals surface area (Å²) < 4.78 is 0. The number of carbonyl (C=O) groups is 1. The van der Waals surface area contributed by atoms with Gasteiger partial charge in [0, 0.05) is 24.2 Å². The molecule has 0 fully saturated rings. The van der Waals surface area contributed by atoms with Gasteiger partial charge in [0.15, 0.2) is 0 Å². The molecular formula is C14H16N2O3. The molecule has 100 valence electrons. The minimum Gasteiger partial charge on any atom is -0.328 e. The zero-order valence-electron chi connectivity index (χ0n) is 11.0. The van der Waals surface area contributed by atoms with Crippen molar-refractivity contribution < 1.29 is 9.72 Å². The Bertz CT molecular complexity index is 532. The first-order valence-electron chi connectivity index (χ1n) is 5.99. The third-order valence-corrected chi connectivity index (χ3v) is 2.73. The van der Waals surface area contributed by atoms with Gasteiger partial charge >= 0.3 is 0 Å². The van der Waals surface area contributed by atoms with Crippen LogP contribution in [-0.4, -0.2) is 28.8 Å². The van der Waals surface area contributed by atoms with Crippen molar-refractivity contribution in [3.8, 4) is 12.3 Å². The smallest absolute Gasteiger partial charge is 0.270 e. The lowest BCUT2D eigenvalue weighted by molar-refractivity contribution is -0.384. The number of hydrogen-bond acceptors (Lipinski definition) is 3. The number of rotatable bonds is 5. The van der Waals surface area contributed by atoms with E-state index in [9.17, 15) is 14.9 Å². The second kappa shape index (κ2) is 6.55.